The molecule has 2 aromatic carbocycles. The van der Waals surface area contributed by atoms with E-state index in [0.29, 0.717) is 13.2 Å². The molecule has 0 saturated carbocycles. The maximum atomic E-state index is 6.23. The summed E-state index contributed by atoms with van der Waals surface area (Å²) in [5, 5.41) is 4.76. The molecule has 150 valence electrons. The third-order valence-corrected chi connectivity index (χ3v) is 5.67. The average Bonchev–Trinajstić information content (AvgIpc) is 2.94. The van der Waals surface area contributed by atoms with Crippen molar-refractivity contribution in [3.8, 4) is 22.8 Å². The van der Waals surface area contributed by atoms with Crippen LogP contribution in [-0.2, 0) is 20.0 Å². The van der Waals surface area contributed by atoms with E-state index in [4.69, 9.17) is 20.3 Å². The molecule has 0 fully saturated rings. The Balaban J connectivity index is 1.49. The predicted molar refractivity (Wildman–Crippen MR) is 114 cm³/mol. The Morgan fingerprint density at radius 2 is 1.93 bits per heavy atom. The summed E-state index contributed by atoms with van der Waals surface area (Å²) in [4.78, 5) is 2.42. The number of hydrogen-bond donors (Lipinski definition) is 1. The molecule has 6 heteroatoms. The number of anilines is 2. The molecule has 5 rings (SSSR count). The van der Waals surface area contributed by atoms with Gasteiger partial charge in [-0.05, 0) is 48.7 Å². The van der Waals surface area contributed by atoms with Gasteiger partial charge in [0.05, 0.1) is 18.9 Å². The molecule has 0 radical (unpaired) electrons. The van der Waals surface area contributed by atoms with Gasteiger partial charge in [0.2, 0.25) is 0 Å². The van der Waals surface area contributed by atoms with Crippen LogP contribution >= 0.6 is 0 Å². The van der Waals surface area contributed by atoms with Crippen molar-refractivity contribution in [3.63, 3.8) is 0 Å². The number of fused-ring (bicyclic) bond motifs is 2. The van der Waals surface area contributed by atoms with Crippen LogP contribution in [0.5, 0.6) is 11.5 Å². The SMILES string of the molecule is Cn1cc(CN2CCCc3c(N)cccc32)c(-c2ccc3c(c2)OCCCO3)n1. The second-order valence-corrected chi connectivity index (χ2v) is 7.76. The van der Waals surface area contributed by atoms with Gasteiger partial charge in [-0.3, -0.25) is 4.68 Å². The van der Waals surface area contributed by atoms with Crippen LogP contribution in [-0.4, -0.2) is 29.5 Å². The van der Waals surface area contributed by atoms with E-state index in [-0.39, 0.29) is 0 Å². The third-order valence-electron chi connectivity index (χ3n) is 5.67. The van der Waals surface area contributed by atoms with E-state index >= 15 is 0 Å². The Kier molecular flexibility index (Phi) is 4.54. The first-order valence-electron chi connectivity index (χ1n) is 10.2. The molecule has 2 aliphatic rings. The van der Waals surface area contributed by atoms with Crippen molar-refractivity contribution in [1.29, 1.82) is 0 Å². The number of nitrogens with zero attached hydrogens (tertiary/aromatic N) is 3. The molecule has 6 nitrogen and oxygen atoms in total. The molecular formula is C23H26N4O2. The number of ether oxygens (including phenoxy) is 2. The zero-order valence-electron chi connectivity index (χ0n) is 16.7. The summed E-state index contributed by atoms with van der Waals surface area (Å²) in [6.07, 6.45) is 5.16. The molecular weight excluding hydrogens is 364 g/mol. The maximum Gasteiger partial charge on any atom is 0.161 e. The molecule has 0 bridgehead atoms. The lowest BCUT2D eigenvalue weighted by molar-refractivity contribution is 0.297. The molecule has 2 aliphatic heterocycles. The Bertz CT molecular complexity index is 1040. The highest BCUT2D eigenvalue weighted by Gasteiger charge is 2.22. The van der Waals surface area contributed by atoms with Gasteiger partial charge in [-0.15, -0.1) is 0 Å². The minimum Gasteiger partial charge on any atom is -0.490 e. The van der Waals surface area contributed by atoms with Crippen molar-refractivity contribution in [2.24, 2.45) is 7.05 Å². The Morgan fingerprint density at radius 1 is 1.07 bits per heavy atom. The van der Waals surface area contributed by atoms with Crippen molar-refractivity contribution in [2.75, 3.05) is 30.4 Å². The van der Waals surface area contributed by atoms with Crippen LogP contribution in [0.3, 0.4) is 0 Å². The summed E-state index contributed by atoms with van der Waals surface area (Å²) in [6.45, 7) is 3.19. The average molecular weight is 390 g/mol. The summed E-state index contributed by atoms with van der Waals surface area (Å²) in [5.41, 5.74) is 12.9. The second-order valence-electron chi connectivity index (χ2n) is 7.76. The first-order chi connectivity index (χ1) is 14.2. The molecule has 0 saturated heterocycles. The number of nitrogens with two attached hydrogens (primary N) is 1. The molecule has 0 atom stereocenters. The summed E-state index contributed by atoms with van der Waals surface area (Å²) >= 11 is 0. The number of aromatic nitrogens is 2. The van der Waals surface area contributed by atoms with Crippen molar-refractivity contribution in [1.82, 2.24) is 9.78 Å². The van der Waals surface area contributed by atoms with Crippen LogP contribution in [0.25, 0.3) is 11.3 Å². The quantitative estimate of drug-likeness (QED) is 0.690. The molecule has 0 aliphatic carbocycles. The lowest BCUT2D eigenvalue weighted by atomic mass is 9.99. The van der Waals surface area contributed by atoms with Crippen molar-refractivity contribution in [3.05, 3.63) is 53.7 Å². The van der Waals surface area contributed by atoms with Crippen LogP contribution < -0.4 is 20.1 Å². The van der Waals surface area contributed by atoms with Gasteiger partial charge in [0.15, 0.2) is 11.5 Å². The zero-order chi connectivity index (χ0) is 19.8. The van der Waals surface area contributed by atoms with Crippen molar-refractivity contribution in [2.45, 2.75) is 25.8 Å². The van der Waals surface area contributed by atoms with Crippen LogP contribution in [0.4, 0.5) is 11.4 Å². The van der Waals surface area contributed by atoms with E-state index in [0.717, 1.165) is 60.8 Å². The predicted octanol–water partition coefficient (Wildman–Crippen LogP) is 3.78. The van der Waals surface area contributed by atoms with E-state index < -0.39 is 0 Å². The summed E-state index contributed by atoms with van der Waals surface area (Å²) in [7, 11) is 1.97. The molecule has 3 heterocycles. The fourth-order valence-electron chi connectivity index (χ4n) is 4.30. The van der Waals surface area contributed by atoms with Gasteiger partial charge in [-0.1, -0.05) is 6.07 Å². The molecule has 29 heavy (non-hydrogen) atoms. The van der Waals surface area contributed by atoms with Crippen molar-refractivity contribution < 1.29 is 9.47 Å². The lowest BCUT2D eigenvalue weighted by Gasteiger charge is -2.32. The highest BCUT2D eigenvalue weighted by Crippen LogP contribution is 2.37. The molecule has 0 unspecified atom stereocenters. The largest absolute Gasteiger partial charge is 0.490 e. The fraction of sp³-hybridized carbons (Fsp3) is 0.348. The molecule has 0 amide bonds. The lowest BCUT2D eigenvalue weighted by Crippen LogP contribution is -2.29. The third kappa shape index (κ3) is 3.39. The van der Waals surface area contributed by atoms with Crippen LogP contribution in [0.15, 0.2) is 42.6 Å². The number of rotatable bonds is 3. The van der Waals surface area contributed by atoms with Gasteiger partial charge in [-0.2, -0.15) is 5.10 Å². The fourth-order valence-corrected chi connectivity index (χ4v) is 4.30. The van der Waals surface area contributed by atoms with E-state index in [1.165, 1.54) is 16.8 Å². The highest BCUT2D eigenvalue weighted by molar-refractivity contribution is 5.69. The van der Waals surface area contributed by atoms with E-state index in [1.54, 1.807) is 0 Å². The Labute approximate surface area is 170 Å². The summed E-state index contributed by atoms with van der Waals surface area (Å²) in [6, 6.07) is 12.3. The number of hydrogen-bond acceptors (Lipinski definition) is 5. The van der Waals surface area contributed by atoms with Crippen LogP contribution in [0, 0.1) is 0 Å². The van der Waals surface area contributed by atoms with E-state index in [9.17, 15) is 0 Å². The van der Waals surface area contributed by atoms with E-state index in [1.807, 2.05) is 29.9 Å². The van der Waals surface area contributed by atoms with Gasteiger partial charge < -0.3 is 20.1 Å². The zero-order valence-corrected chi connectivity index (χ0v) is 16.7. The number of benzene rings is 2. The number of nitrogen functional groups attached to an aromatic ring is 1. The topological polar surface area (TPSA) is 65.5 Å². The summed E-state index contributed by atoms with van der Waals surface area (Å²) < 4.78 is 13.5. The number of aryl methyl sites for hydroxylation is 1. The molecule has 2 N–H and O–H groups in total. The van der Waals surface area contributed by atoms with Crippen molar-refractivity contribution >= 4 is 11.4 Å². The molecule has 0 spiro atoms. The first-order valence-corrected chi connectivity index (χ1v) is 10.2. The standard InChI is InChI=1S/C23H26N4O2/c1-26-14-17(15-27-10-3-5-18-19(24)6-2-7-20(18)27)23(25-26)16-8-9-21-22(13-16)29-12-4-11-28-21/h2,6-9,13-14H,3-5,10-12,15,24H2,1H3. The van der Waals surface area contributed by atoms with Gasteiger partial charge in [0.25, 0.3) is 0 Å². The van der Waals surface area contributed by atoms with Crippen LogP contribution in [0.2, 0.25) is 0 Å². The monoisotopic (exact) mass is 390 g/mol. The summed E-state index contributed by atoms with van der Waals surface area (Å²) in [5.74, 6) is 1.61. The minimum absolute atomic E-state index is 0.678. The van der Waals surface area contributed by atoms with Gasteiger partial charge in [0, 0.05) is 55.3 Å². The van der Waals surface area contributed by atoms with Gasteiger partial charge in [-0.25, -0.2) is 0 Å². The highest BCUT2D eigenvalue weighted by atomic mass is 16.5. The molecule has 3 aromatic rings. The van der Waals surface area contributed by atoms with E-state index in [2.05, 4.69) is 29.3 Å². The normalized spacial score (nSPS) is 15.7. The molecule has 1 aromatic heterocycles. The maximum absolute atomic E-state index is 6.23. The van der Waals surface area contributed by atoms with Crippen LogP contribution in [0.1, 0.15) is 24.0 Å². The Morgan fingerprint density at radius 3 is 2.83 bits per heavy atom. The first kappa shape index (κ1) is 17.9. The van der Waals surface area contributed by atoms with Gasteiger partial charge in [0.1, 0.15) is 0 Å². The second kappa shape index (κ2) is 7.35. The Hall–Kier alpha value is -3.15. The minimum atomic E-state index is 0.678. The van der Waals surface area contributed by atoms with Gasteiger partial charge >= 0.3 is 0 Å². The smallest absolute Gasteiger partial charge is 0.161 e.